The lowest BCUT2D eigenvalue weighted by molar-refractivity contribution is -0.0340. The minimum Gasteiger partial charge on any atom is -0.308 e. The van der Waals surface area contributed by atoms with Crippen LogP contribution in [0.5, 0.6) is 0 Å². The van der Waals surface area contributed by atoms with Crippen molar-refractivity contribution >= 4 is 7.60 Å². The first-order chi connectivity index (χ1) is 6.12. The SMILES string of the molecule is CC.CP1(=O)OCC2(CCC2)CO1. The van der Waals surface area contributed by atoms with E-state index in [9.17, 15) is 4.57 Å². The Hall–Kier alpha value is 0.150. The first-order valence-electron chi connectivity index (χ1n) is 4.99. The molecule has 1 saturated heterocycles. The van der Waals surface area contributed by atoms with Gasteiger partial charge in [-0.25, -0.2) is 0 Å². The third-order valence-corrected chi connectivity index (χ3v) is 3.82. The molecule has 2 rings (SSSR count). The minimum absolute atomic E-state index is 0.240. The Morgan fingerprint density at radius 2 is 1.62 bits per heavy atom. The van der Waals surface area contributed by atoms with E-state index in [-0.39, 0.29) is 5.41 Å². The summed E-state index contributed by atoms with van der Waals surface area (Å²) < 4.78 is 21.5. The Balaban J connectivity index is 0.000000396. The van der Waals surface area contributed by atoms with E-state index in [1.54, 1.807) is 6.66 Å². The van der Waals surface area contributed by atoms with Crippen molar-refractivity contribution in [2.24, 2.45) is 5.41 Å². The number of hydrogen-bond acceptors (Lipinski definition) is 3. The van der Waals surface area contributed by atoms with Gasteiger partial charge in [0.15, 0.2) is 0 Å². The first-order valence-corrected chi connectivity index (χ1v) is 6.98. The Morgan fingerprint density at radius 3 is 1.92 bits per heavy atom. The van der Waals surface area contributed by atoms with Crippen LogP contribution in [0.2, 0.25) is 0 Å². The fraction of sp³-hybridized carbons (Fsp3) is 1.00. The van der Waals surface area contributed by atoms with Crippen molar-refractivity contribution in [2.75, 3.05) is 19.9 Å². The second kappa shape index (κ2) is 4.12. The van der Waals surface area contributed by atoms with Gasteiger partial charge in [0.25, 0.3) is 0 Å². The maximum Gasteiger partial charge on any atom is 0.327 e. The van der Waals surface area contributed by atoms with Crippen molar-refractivity contribution < 1.29 is 13.6 Å². The summed E-state index contributed by atoms with van der Waals surface area (Å²) in [6, 6.07) is 0. The molecule has 1 heterocycles. The van der Waals surface area contributed by atoms with Crippen molar-refractivity contribution in [1.29, 1.82) is 0 Å². The van der Waals surface area contributed by atoms with Gasteiger partial charge in [-0.15, -0.1) is 0 Å². The summed E-state index contributed by atoms with van der Waals surface area (Å²) in [7, 11) is -2.65. The Labute approximate surface area is 80.3 Å². The highest BCUT2D eigenvalue weighted by molar-refractivity contribution is 7.53. The molecule has 0 radical (unpaired) electrons. The smallest absolute Gasteiger partial charge is 0.308 e. The molecule has 1 aliphatic carbocycles. The monoisotopic (exact) mass is 206 g/mol. The topological polar surface area (TPSA) is 35.5 Å². The van der Waals surface area contributed by atoms with Crippen LogP contribution < -0.4 is 0 Å². The summed E-state index contributed by atoms with van der Waals surface area (Å²) in [6.45, 7) is 6.82. The second-order valence-corrected chi connectivity index (χ2v) is 5.73. The van der Waals surface area contributed by atoms with Crippen LogP contribution in [0.1, 0.15) is 33.1 Å². The van der Waals surface area contributed by atoms with Crippen molar-refractivity contribution in [2.45, 2.75) is 33.1 Å². The van der Waals surface area contributed by atoms with E-state index >= 15 is 0 Å². The molecule has 1 aliphatic heterocycles. The van der Waals surface area contributed by atoms with E-state index in [4.69, 9.17) is 9.05 Å². The average Bonchev–Trinajstić information content (AvgIpc) is 2.06. The molecule has 0 aromatic heterocycles. The van der Waals surface area contributed by atoms with Crippen LogP contribution in [0.15, 0.2) is 0 Å². The molecular formula is C9H19O3P. The zero-order valence-electron chi connectivity index (χ0n) is 8.71. The van der Waals surface area contributed by atoms with Crippen molar-refractivity contribution in [1.82, 2.24) is 0 Å². The Morgan fingerprint density at radius 1 is 1.15 bits per heavy atom. The molecule has 2 aliphatic rings. The van der Waals surface area contributed by atoms with Crippen LogP contribution in [-0.2, 0) is 13.6 Å². The molecule has 0 aromatic carbocycles. The molecule has 78 valence electrons. The highest BCUT2D eigenvalue weighted by Crippen LogP contribution is 2.55. The fourth-order valence-corrected chi connectivity index (χ4v) is 2.64. The van der Waals surface area contributed by atoms with Gasteiger partial charge in [-0.05, 0) is 12.8 Å². The number of hydrogen-bond donors (Lipinski definition) is 0. The average molecular weight is 206 g/mol. The Kier molecular flexibility index (Phi) is 3.56. The molecule has 0 atom stereocenters. The third-order valence-electron chi connectivity index (χ3n) is 2.62. The van der Waals surface area contributed by atoms with Gasteiger partial charge in [-0.1, -0.05) is 20.3 Å². The van der Waals surface area contributed by atoms with Crippen molar-refractivity contribution in [3.05, 3.63) is 0 Å². The van der Waals surface area contributed by atoms with E-state index in [0.717, 1.165) is 0 Å². The third kappa shape index (κ3) is 2.55. The van der Waals surface area contributed by atoms with Gasteiger partial charge in [0.1, 0.15) is 0 Å². The van der Waals surface area contributed by atoms with Gasteiger partial charge in [0.05, 0.1) is 13.2 Å². The molecule has 4 heteroatoms. The predicted molar refractivity (Wildman–Crippen MR) is 53.1 cm³/mol. The molecule has 0 N–H and O–H groups in total. The van der Waals surface area contributed by atoms with Crippen LogP contribution in [0.3, 0.4) is 0 Å². The molecule has 1 spiro atoms. The highest BCUT2D eigenvalue weighted by Gasteiger charge is 2.44. The van der Waals surface area contributed by atoms with E-state index in [0.29, 0.717) is 13.2 Å². The summed E-state index contributed by atoms with van der Waals surface area (Å²) >= 11 is 0. The quantitative estimate of drug-likeness (QED) is 0.571. The summed E-state index contributed by atoms with van der Waals surface area (Å²) in [5.41, 5.74) is 0.240. The largest absolute Gasteiger partial charge is 0.327 e. The van der Waals surface area contributed by atoms with E-state index in [1.807, 2.05) is 13.8 Å². The lowest BCUT2D eigenvalue weighted by Crippen LogP contribution is -2.41. The van der Waals surface area contributed by atoms with Crippen LogP contribution in [0, 0.1) is 5.41 Å². The van der Waals surface area contributed by atoms with Crippen LogP contribution in [0.4, 0.5) is 0 Å². The van der Waals surface area contributed by atoms with Crippen molar-refractivity contribution in [3.63, 3.8) is 0 Å². The normalized spacial score (nSPS) is 28.5. The zero-order chi connectivity index (χ0) is 9.95. The fourth-order valence-electron chi connectivity index (χ4n) is 1.55. The molecule has 0 bridgehead atoms. The molecule has 0 aromatic rings. The highest BCUT2D eigenvalue weighted by atomic mass is 31.2. The van der Waals surface area contributed by atoms with Crippen LogP contribution in [0.25, 0.3) is 0 Å². The maximum absolute atomic E-state index is 11.2. The lowest BCUT2D eigenvalue weighted by Gasteiger charge is -2.45. The standard InChI is InChI=1S/C7H13O3P.C2H6/c1-11(8)9-5-7(6-10-11)3-2-4-7;1-2/h2-6H2,1H3;1-2H3. The molecule has 0 amide bonds. The second-order valence-electron chi connectivity index (χ2n) is 3.67. The predicted octanol–water partition coefficient (Wildman–Crippen LogP) is 3.05. The van der Waals surface area contributed by atoms with Crippen LogP contribution in [-0.4, -0.2) is 19.9 Å². The van der Waals surface area contributed by atoms with Gasteiger partial charge in [0.2, 0.25) is 0 Å². The van der Waals surface area contributed by atoms with E-state index < -0.39 is 7.60 Å². The number of rotatable bonds is 0. The van der Waals surface area contributed by atoms with E-state index in [2.05, 4.69) is 0 Å². The Bertz CT molecular complexity index is 197. The first kappa shape index (κ1) is 11.2. The van der Waals surface area contributed by atoms with Crippen LogP contribution >= 0.6 is 7.60 Å². The molecule has 1 saturated carbocycles. The molecule has 0 unspecified atom stereocenters. The van der Waals surface area contributed by atoms with Crippen molar-refractivity contribution in [3.8, 4) is 0 Å². The summed E-state index contributed by atoms with van der Waals surface area (Å²) in [6.07, 6.45) is 3.61. The lowest BCUT2D eigenvalue weighted by atomic mass is 9.70. The van der Waals surface area contributed by atoms with Gasteiger partial charge >= 0.3 is 7.60 Å². The summed E-state index contributed by atoms with van der Waals surface area (Å²) in [4.78, 5) is 0. The van der Waals surface area contributed by atoms with Gasteiger partial charge in [-0.3, -0.25) is 4.57 Å². The van der Waals surface area contributed by atoms with Gasteiger partial charge in [-0.2, -0.15) is 0 Å². The summed E-state index contributed by atoms with van der Waals surface area (Å²) in [5.74, 6) is 0. The van der Waals surface area contributed by atoms with E-state index in [1.165, 1.54) is 19.3 Å². The molecular weight excluding hydrogens is 187 g/mol. The minimum atomic E-state index is -2.65. The zero-order valence-corrected chi connectivity index (χ0v) is 9.60. The maximum atomic E-state index is 11.2. The van der Waals surface area contributed by atoms with Gasteiger partial charge in [0, 0.05) is 12.1 Å². The molecule has 2 fully saturated rings. The summed E-state index contributed by atoms with van der Waals surface area (Å²) in [5, 5.41) is 0. The molecule has 3 nitrogen and oxygen atoms in total. The van der Waals surface area contributed by atoms with Gasteiger partial charge < -0.3 is 9.05 Å². The molecule has 13 heavy (non-hydrogen) atoms.